The fourth-order valence-corrected chi connectivity index (χ4v) is 4.28. The number of aromatic amines is 1. The van der Waals surface area contributed by atoms with Crippen molar-refractivity contribution in [2.45, 2.75) is 13.5 Å². The quantitative estimate of drug-likeness (QED) is 0.261. The normalized spacial score (nSPS) is 11.1. The number of ether oxygens (including phenoxy) is 1. The number of esters is 1. The summed E-state index contributed by atoms with van der Waals surface area (Å²) in [6.07, 6.45) is 0. The number of imidazole rings is 1. The summed E-state index contributed by atoms with van der Waals surface area (Å²) in [5.41, 5.74) is 5.33. The van der Waals surface area contributed by atoms with Gasteiger partial charge in [0.05, 0.1) is 35.6 Å². The summed E-state index contributed by atoms with van der Waals surface area (Å²) in [6, 6.07) is 27.4. The topological polar surface area (TPSA) is 64.8 Å². The molecule has 0 saturated heterocycles. The summed E-state index contributed by atoms with van der Waals surface area (Å²) in [4.78, 5) is 16.5. The van der Waals surface area contributed by atoms with Crippen molar-refractivity contribution in [1.29, 1.82) is 0 Å². The van der Waals surface area contributed by atoms with Gasteiger partial charge in [-0.1, -0.05) is 60.7 Å². The van der Waals surface area contributed by atoms with Crippen LogP contribution in [0.1, 0.15) is 23.0 Å². The number of nitrogens with zero attached hydrogens (tertiary/aromatic N) is 3. The summed E-state index contributed by atoms with van der Waals surface area (Å²) in [7, 11) is 0. The Morgan fingerprint density at radius 1 is 0.970 bits per heavy atom. The van der Waals surface area contributed by atoms with Crippen LogP contribution in [0.3, 0.4) is 0 Å². The first-order valence-corrected chi connectivity index (χ1v) is 11.2. The smallest absolute Gasteiger partial charge is 0.342 e. The van der Waals surface area contributed by atoms with Crippen LogP contribution >= 0.6 is 12.2 Å². The number of hydrogen-bond acceptors (Lipinski definition) is 4. The minimum atomic E-state index is -0.403. The predicted molar refractivity (Wildman–Crippen MR) is 131 cm³/mol. The lowest BCUT2D eigenvalue weighted by Gasteiger charge is -2.11. The zero-order valence-electron chi connectivity index (χ0n) is 18.1. The molecule has 0 unspecified atom stereocenters. The Morgan fingerprint density at radius 2 is 1.64 bits per heavy atom. The maximum Gasteiger partial charge on any atom is 0.342 e. The van der Waals surface area contributed by atoms with Crippen LogP contribution in [-0.2, 0) is 11.3 Å². The van der Waals surface area contributed by atoms with Crippen LogP contribution in [0.15, 0.2) is 84.9 Å². The standard InChI is InChI=1S/C26H22N4O2S/c1-2-32-25(31)23-22(17-29-21-16-10-9-15-20(21)27-26(29)33)30(19-13-7-4-8-14-19)28-24(23)18-11-5-3-6-12-18/h3-16H,2,17H2,1H3,(H,27,33). The van der Waals surface area contributed by atoms with Crippen LogP contribution in [0.4, 0.5) is 0 Å². The van der Waals surface area contributed by atoms with Gasteiger partial charge in [0.2, 0.25) is 0 Å². The molecule has 0 bridgehead atoms. The Labute approximate surface area is 196 Å². The molecule has 1 N–H and O–H groups in total. The third kappa shape index (κ3) is 3.87. The van der Waals surface area contributed by atoms with E-state index >= 15 is 0 Å². The van der Waals surface area contributed by atoms with Gasteiger partial charge in [0, 0.05) is 5.56 Å². The van der Waals surface area contributed by atoms with Gasteiger partial charge in [-0.2, -0.15) is 5.10 Å². The molecule has 0 amide bonds. The summed E-state index contributed by atoms with van der Waals surface area (Å²) >= 11 is 5.63. The van der Waals surface area contributed by atoms with Gasteiger partial charge in [0.1, 0.15) is 11.3 Å². The Hall–Kier alpha value is -3.97. The Morgan fingerprint density at radius 3 is 2.36 bits per heavy atom. The summed E-state index contributed by atoms with van der Waals surface area (Å²) < 4.78 is 9.86. The lowest BCUT2D eigenvalue weighted by Crippen LogP contribution is -2.13. The monoisotopic (exact) mass is 454 g/mol. The van der Waals surface area contributed by atoms with Crippen molar-refractivity contribution in [3.63, 3.8) is 0 Å². The third-order valence-corrected chi connectivity index (χ3v) is 5.82. The van der Waals surface area contributed by atoms with Gasteiger partial charge in [0.15, 0.2) is 4.77 Å². The molecule has 164 valence electrons. The van der Waals surface area contributed by atoms with E-state index in [0.717, 1.165) is 22.3 Å². The van der Waals surface area contributed by atoms with Gasteiger partial charge in [-0.25, -0.2) is 9.48 Å². The average molecular weight is 455 g/mol. The molecule has 3 aromatic carbocycles. The van der Waals surface area contributed by atoms with Crippen molar-refractivity contribution in [2.75, 3.05) is 6.61 Å². The van der Waals surface area contributed by atoms with E-state index < -0.39 is 5.97 Å². The molecule has 0 saturated carbocycles. The molecular formula is C26H22N4O2S. The van der Waals surface area contributed by atoms with E-state index in [9.17, 15) is 4.79 Å². The van der Waals surface area contributed by atoms with Crippen LogP contribution in [0, 0.1) is 4.77 Å². The van der Waals surface area contributed by atoms with E-state index in [0.29, 0.717) is 28.3 Å². The molecule has 5 rings (SSSR count). The largest absolute Gasteiger partial charge is 0.462 e. The van der Waals surface area contributed by atoms with Crippen molar-refractivity contribution in [2.24, 2.45) is 0 Å². The minimum absolute atomic E-state index is 0.273. The number of carbonyl (C=O) groups is 1. The lowest BCUT2D eigenvalue weighted by atomic mass is 10.1. The number of rotatable bonds is 6. The van der Waals surface area contributed by atoms with Crippen LogP contribution in [0.25, 0.3) is 28.0 Å². The highest BCUT2D eigenvalue weighted by Gasteiger charge is 2.27. The zero-order chi connectivity index (χ0) is 22.8. The molecule has 33 heavy (non-hydrogen) atoms. The molecule has 7 heteroatoms. The molecule has 0 aliphatic carbocycles. The fourth-order valence-electron chi connectivity index (χ4n) is 4.01. The number of para-hydroxylation sites is 3. The SMILES string of the molecule is CCOC(=O)c1c(-c2ccccc2)nn(-c2ccccc2)c1Cn1c(=S)[nH]c2ccccc21. The molecule has 5 aromatic rings. The molecule has 0 atom stereocenters. The summed E-state index contributed by atoms with van der Waals surface area (Å²) in [5, 5.41) is 4.90. The number of fused-ring (bicyclic) bond motifs is 1. The van der Waals surface area contributed by atoms with Gasteiger partial charge in [0.25, 0.3) is 0 Å². The first kappa shape index (κ1) is 20.9. The molecule has 2 aromatic heterocycles. The number of hydrogen-bond donors (Lipinski definition) is 1. The van der Waals surface area contributed by atoms with E-state index in [-0.39, 0.29) is 6.61 Å². The Bertz CT molecular complexity index is 1480. The summed E-state index contributed by atoms with van der Waals surface area (Å²) in [5.74, 6) is -0.403. The van der Waals surface area contributed by atoms with E-state index in [2.05, 4.69) is 4.98 Å². The predicted octanol–water partition coefficient (Wildman–Crippen LogP) is 5.78. The van der Waals surface area contributed by atoms with Gasteiger partial charge in [-0.3, -0.25) is 0 Å². The highest BCUT2D eigenvalue weighted by atomic mass is 32.1. The van der Waals surface area contributed by atoms with Crippen LogP contribution in [0.5, 0.6) is 0 Å². The van der Waals surface area contributed by atoms with Gasteiger partial charge < -0.3 is 14.3 Å². The van der Waals surface area contributed by atoms with E-state index in [1.54, 1.807) is 6.92 Å². The molecule has 0 aliphatic rings. The Kier molecular flexibility index (Phi) is 5.62. The van der Waals surface area contributed by atoms with Crippen LogP contribution in [-0.4, -0.2) is 31.9 Å². The van der Waals surface area contributed by atoms with Crippen LogP contribution in [0.2, 0.25) is 0 Å². The third-order valence-electron chi connectivity index (χ3n) is 5.50. The van der Waals surface area contributed by atoms with E-state index in [1.807, 2.05) is 94.2 Å². The van der Waals surface area contributed by atoms with Crippen molar-refractivity contribution < 1.29 is 9.53 Å². The highest BCUT2D eigenvalue weighted by molar-refractivity contribution is 7.71. The van der Waals surface area contributed by atoms with Crippen molar-refractivity contribution >= 4 is 29.2 Å². The highest BCUT2D eigenvalue weighted by Crippen LogP contribution is 2.30. The van der Waals surface area contributed by atoms with Gasteiger partial charge in [-0.15, -0.1) is 0 Å². The molecule has 2 heterocycles. The zero-order valence-corrected chi connectivity index (χ0v) is 18.9. The van der Waals surface area contributed by atoms with Crippen molar-refractivity contribution in [3.05, 3.63) is 101 Å². The van der Waals surface area contributed by atoms with Crippen molar-refractivity contribution in [1.82, 2.24) is 19.3 Å². The lowest BCUT2D eigenvalue weighted by molar-refractivity contribution is 0.0526. The number of H-pyrrole nitrogens is 1. The number of nitrogens with one attached hydrogen (secondary N) is 1. The number of benzene rings is 3. The first-order chi connectivity index (χ1) is 16.2. The molecule has 0 aliphatic heterocycles. The second-order valence-corrected chi connectivity index (χ2v) is 7.92. The van der Waals surface area contributed by atoms with E-state index in [4.69, 9.17) is 22.1 Å². The average Bonchev–Trinajstić information content (AvgIpc) is 3.38. The molecular weight excluding hydrogens is 432 g/mol. The first-order valence-electron chi connectivity index (χ1n) is 10.7. The molecule has 0 fully saturated rings. The van der Waals surface area contributed by atoms with Crippen LogP contribution < -0.4 is 0 Å². The molecule has 6 nitrogen and oxygen atoms in total. The van der Waals surface area contributed by atoms with E-state index in [1.165, 1.54) is 0 Å². The Balaban J connectivity index is 1.79. The fraction of sp³-hybridized carbons (Fsp3) is 0.115. The molecule has 0 spiro atoms. The molecule has 0 radical (unpaired) electrons. The van der Waals surface area contributed by atoms with Crippen molar-refractivity contribution in [3.8, 4) is 16.9 Å². The number of carbonyl (C=O) groups excluding carboxylic acids is 1. The second kappa shape index (κ2) is 8.88. The maximum absolute atomic E-state index is 13.3. The van der Waals surface area contributed by atoms with Gasteiger partial charge >= 0.3 is 5.97 Å². The van der Waals surface area contributed by atoms with Gasteiger partial charge in [-0.05, 0) is 43.4 Å². The minimum Gasteiger partial charge on any atom is -0.462 e. The maximum atomic E-state index is 13.3. The second-order valence-electron chi connectivity index (χ2n) is 7.54. The number of aromatic nitrogens is 4. The summed E-state index contributed by atoms with van der Waals surface area (Å²) in [6.45, 7) is 2.43.